The molecule has 0 heterocycles. The van der Waals surface area contributed by atoms with Crippen LogP contribution in [0.3, 0.4) is 0 Å². The van der Waals surface area contributed by atoms with E-state index in [0.717, 1.165) is 12.0 Å². The van der Waals surface area contributed by atoms with Gasteiger partial charge in [0, 0.05) is 5.56 Å². The summed E-state index contributed by atoms with van der Waals surface area (Å²) >= 11 is 0. The standard InChI is InChI=1S/C13H19O2/c1-5-9-15-11-8-6-7-10(12(11)14)13(2,3)4/h6-9,14H,5H2,1-4H3. The first-order valence-corrected chi connectivity index (χ1v) is 5.27. The molecule has 0 bridgehead atoms. The SMILES string of the molecule is CC[CH]Oc1cccc(C(C)(C)C)c1O. The minimum absolute atomic E-state index is 0.0737. The van der Waals surface area contributed by atoms with Gasteiger partial charge in [0.15, 0.2) is 11.5 Å². The Hall–Kier alpha value is -1.18. The summed E-state index contributed by atoms with van der Waals surface area (Å²) in [6.45, 7) is 9.87. The van der Waals surface area contributed by atoms with Crippen LogP contribution in [0.5, 0.6) is 11.5 Å². The fourth-order valence-corrected chi connectivity index (χ4v) is 1.40. The van der Waals surface area contributed by atoms with E-state index in [0.29, 0.717) is 5.75 Å². The van der Waals surface area contributed by atoms with E-state index in [2.05, 4.69) is 20.8 Å². The average molecular weight is 207 g/mol. The number of hydrogen-bond donors (Lipinski definition) is 1. The Morgan fingerprint density at radius 2 is 2.00 bits per heavy atom. The van der Waals surface area contributed by atoms with Gasteiger partial charge in [-0.3, -0.25) is 0 Å². The van der Waals surface area contributed by atoms with Gasteiger partial charge in [-0.25, -0.2) is 0 Å². The van der Waals surface area contributed by atoms with Crippen LogP contribution in [0.2, 0.25) is 0 Å². The highest BCUT2D eigenvalue weighted by Gasteiger charge is 2.20. The number of hydrogen-bond acceptors (Lipinski definition) is 2. The van der Waals surface area contributed by atoms with Gasteiger partial charge in [-0.2, -0.15) is 0 Å². The maximum Gasteiger partial charge on any atom is 0.161 e. The van der Waals surface area contributed by atoms with Gasteiger partial charge < -0.3 is 9.84 Å². The number of ether oxygens (including phenoxy) is 1. The van der Waals surface area contributed by atoms with E-state index in [-0.39, 0.29) is 11.2 Å². The first-order valence-electron chi connectivity index (χ1n) is 5.27. The zero-order valence-corrected chi connectivity index (χ0v) is 9.87. The lowest BCUT2D eigenvalue weighted by atomic mass is 9.86. The third-order valence-electron chi connectivity index (χ3n) is 2.18. The lowest BCUT2D eigenvalue weighted by Gasteiger charge is -2.21. The van der Waals surface area contributed by atoms with Crippen LogP contribution in [-0.2, 0) is 5.41 Å². The van der Waals surface area contributed by atoms with Gasteiger partial charge in [0.1, 0.15) is 6.61 Å². The second kappa shape index (κ2) is 4.56. The fourth-order valence-electron chi connectivity index (χ4n) is 1.40. The summed E-state index contributed by atoms with van der Waals surface area (Å²) in [5.74, 6) is 0.777. The summed E-state index contributed by atoms with van der Waals surface area (Å²) in [4.78, 5) is 0. The third-order valence-corrected chi connectivity index (χ3v) is 2.18. The van der Waals surface area contributed by atoms with Crippen molar-refractivity contribution in [3.8, 4) is 11.5 Å². The highest BCUT2D eigenvalue weighted by atomic mass is 16.5. The smallest absolute Gasteiger partial charge is 0.161 e. The second-order valence-electron chi connectivity index (χ2n) is 4.60. The zero-order valence-electron chi connectivity index (χ0n) is 9.87. The minimum atomic E-state index is -0.0737. The number of para-hydroxylation sites is 1. The van der Waals surface area contributed by atoms with E-state index in [1.54, 1.807) is 12.7 Å². The zero-order chi connectivity index (χ0) is 11.5. The molecule has 0 aliphatic rings. The molecule has 2 nitrogen and oxygen atoms in total. The number of aromatic hydroxyl groups is 1. The highest BCUT2D eigenvalue weighted by molar-refractivity contribution is 5.48. The predicted octanol–water partition coefficient (Wildman–Crippen LogP) is 3.64. The van der Waals surface area contributed by atoms with Crippen molar-refractivity contribution in [1.82, 2.24) is 0 Å². The maximum absolute atomic E-state index is 10.0. The molecule has 0 unspecified atom stereocenters. The number of rotatable bonds is 3. The Morgan fingerprint density at radius 1 is 1.33 bits per heavy atom. The number of phenolic OH excluding ortho intramolecular Hbond substituents is 1. The van der Waals surface area contributed by atoms with E-state index in [1.165, 1.54) is 0 Å². The maximum atomic E-state index is 10.0. The topological polar surface area (TPSA) is 29.5 Å². The van der Waals surface area contributed by atoms with Crippen molar-refractivity contribution in [3.05, 3.63) is 30.4 Å². The van der Waals surface area contributed by atoms with Gasteiger partial charge in [-0.1, -0.05) is 39.8 Å². The van der Waals surface area contributed by atoms with Crippen LogP contribution in [0.4, 0.5) is 0 Å². The molecular weight excluding hydrogens is 188 g/mol. The largest absolute Gasteiger partial charge is 0.504 e. The summed E-state index contributed by atoms with van der Waals surface area (Å²) in [6.07, 6.45) is 0.819. The van der Waals surface area contributed by atoms with Crippen LogP contribution in [0.15, 0.2) is 18.2 Å². The molecule has 0 amide bonds. The fraction of sp³-hybridized carbons (Fsp3) is 0.462. The normalized spacial score (nSPS) is 11.5. The monoisotopic (exact) mass is 207 g/mol. The summed E-state index contributed by atoms with van der Waals surface area (Å²) < 4.78 is 5.35. The van der Waals surface area contributed by atoms with E-state index < -0.39 is 0 Å². The Bertz CT molecular complexity index is 324. The molecule has 1 rings (SSSR count). The molecule has 0 saturated heterocycles. The van der Waals surface area contributed by atoms with Crippen molar-refractivity contribution in [1.29, 1.82) is 0 Å². The molecule has 0 spiro atoms. The van der Waals surface area contributed by atoms with Crippen LogP contribution in [0, 0.1) is 6.61 Å². The van der Waals surface area contributed by atoms with Gasteiger partial charge in [-0.15, -0.1) is 0 Å². The van der Waals surface area contributed by atoms with Crippen molar-refractivity contribution in [3.63, 3.8) is 0 Å². The molecule has 0 saturated carbocycles. The number of benzene rings is 1. The third kappa shape index (κ3) is 2.88. The molecular formula is C13H19O2. The Kier molecular flexibility index (Phi) is 3.61. The van der Waals surface area contributed by atoms with Crippen LogP contribution < -0.4 is 4.74 Å². The van der Waals surface area contributed by atoms with Gasteiger partial charge in [0.05, 0.1) is 0 Å². The van der Waals surface area contributed by atoms with Crippen LogP contribution >= 0.6 is 0 Å². The van der Waals surface area contributed by atoms with Crippen molar-refractivity contribution in [2.24, 2.45) is 0 Å². The Morgan fingerprint density at radius 3 is 2.53 bits per heavy atom. The number of phenols is 1. The molecule has 1 aromatic rings. The average Bonchev–Trinajstić information content (AvgIpc) is 2.14. The van der Waals surface area contributed by atoms with Crippen molar-refractivity contribution in [2.75, 3.05) is 0 Å². The van der Waals surface area contributed by atoms with Crippen LogP contribution in [0.1, 0.15) is 39.7 Å². The summed E-state index contributed by atoms with van der Waals surface area (Å²) in [6, 6.07) is 5.60. The molecule has 1 N–H and O–H groups in total. The Labute approximate surface area is 91.9 Å². The highest BCUT2D eigenvalue weighted by Crippen LogP contribution is 2.37. The lowest BCUT2D eigenvalue weighted by molar-refractivity contribution is 0.355. The van der Waals surface area contributed by atoms with Gasteiger partial charge in [0.2, 0.25) is 0 Å². The van der Waals surface area contributed by atoms with Gasteiger partial charge in [-0.05, 0) is 17.9 Å². The van der Waals surface area contributed by atoms with Crippen LogP contribution in [-0.4, -0.2) is 5.11 Å². The van der Waals surface area contributed by atoms with E-state index in [9.17, 15) is 5.11 Å². The van der Waals surface area contributed by atoms with Gasteiger partial charge in [0.25, 0.3) is 0 Å². The first-order chi connectivity index (χ1) is 6.96. The summed E-state index contributed by atoms with van der Waals surface area (Å²) in [7, 11) is 0. The molecule has 0 aromatic heterocycles. The van der Waals surface area contributed by atoms with E-state index in [4.69, 9.17) is 4.74 Å². The summed E-state index contributed by atoms with van der Waals surface area (Å²) in [5.41, 5.74) is 0.833. The molecule has 0 aliphatic heterocycles. The van der Waals surface area contributed by atoms with Crippen molar-refractivity contribution in [2.45, 2.75) is 39.5 Å². The van der Waals surface area contributed by atoms with E-state index >= 15 is 0 Å². The molecule has 1 radical (unpaired) electrons. The molecule has 2 heteroatoms. The van der Waals surface area contributed by atoms with E-state index in [1.807, 2.05) is 19.1 Å². The van der Waals surface area contributed by atoms with Crippen LogP contribution in [0.25, 0.3) is 0 Å². The quantitative estimate of drug-likeness (QED) is 0.820. The second-order valence-corrected chi connectivity index (χ2v) is 4.60. The molecule has 83 valence electrons. The van der Waals surface area contributed by atoms with Crippen molar-refractivity contribution >= 4 is 0 Å². The molecule has 0 atom stereocenters. The first kappa shape index (κ1) is 11.9. The molecule has 1 aromatic carbocycles. The summed E-state index contributed by atoms with van der Waals surface area (Å²) in [5, 5.41) is 10.0. The minimum Gasteiger partial charge on any atom is -0.504 e. The van der Waals surface area contributed by atoms with Gasteiger partial charge >= 0.3 is 0 Å². The molecule has 0 aliphatic carbocycles. The Balaban J connectivity index is 3.01. The van der Waals surface area contributed by atoms with Crippen molar-refractivity contribution < 1.29 is 9.84 Å². The lowest BCUT2D eigenvalue weighted by Crippen LogP contribution is -2.11. The molecule has 0 fully saturated rings. The molecule has 15 heavy (non-hydrogen) atoms. The predicted molar refractivity (Wildman–Crippen MR) is 62.0 cm³/mol.